The second-order valence-corrected chi connectivity index (χ2v) is 9.27. The minimum Gasteiger partial charge on any atom is -0.315 e. The molecule has 1 unspecified atom stereocenters. The molecule has 0 radical (unpaired) electrons. The van der Waals surface area contributed by atoms with Crippen LogP contribution in [0.5, 0.6) is 0 Å². The molecule has 1 N–H and O–H groups in total. The van der Waals surface area contributed by atoms with Crippen molar-refractivity contribution in [1.29, 1.82) is 0 Å². The van der Waals surface area contributed by atoms with Gasteiger partial charge in [0.2, 0.25) is 0 Å². The lowest BCUT2D eigenvalue weighted by atomic mass is 10.2. The van der Waals surface area contributed by atoms with Gasteiger partial charge in [0.25, 0.3) is 0 Å². The Bertz CT molecular complexity index is 358. The van der Waals surface area contributed by atoms with E-state index in [4.69, 9.17) is 0 Å². The van der Waals surface area contributed by atoms with Crippen molar-refractivity contribution in [2.45, 2.75) is 50.9 Å². The van der Waals surface area contributed by atoms with Gasteiger partial charge in [-0.25, -0.2) is 8.42 Å². The molecule has 0 aromatic carbocycles. The van der Waals surface area contributed by atoms with E-state index in [9.17, 15) is 8.42 Å². The molecule has 1 aliphatic rings. The molecule has 0 aromatic heterocycles. The molecule has 20 heavy (non-hydrogen) atoms. The number of hydrogen-bond donors (Lipinski definition) is 1. The van der Waals surface area contributed by atoms with Crippen LogP contribution < -0.4 is 5.32 Å². The second-order valence-electron chi connectivity index (χ2n) is 5.92. The monoisotopic (exact) mass is 322 g/mol. The Morgan fingerprint density at radius 2 is 1.95 bits per heavy atom. The molecule has 1 heterocycles. The van der Waals surface area contributed by atoms with E-state index < -0.39 is 9.84 Å². The fourth-order valence-electron chi connectivity index (χ4n) is 2.45. The van der Waals surface area contributed by atoms with E-state index >= 15 is 0 Å². The molecule has 1 atom stereocenters. The molecule has 0 aliphatic carbocycles. The summed E-state index contributed by atoms with van der Waals surface area (Å²) in [6, 6.07) is 0.566. The first kappa shape index (κ1) is 18.3. The minimum absolute atomic E-state index is 0.260. The summed E-state index contributed by atoms with van der Waals surface area (Å²) in [5, 5.41) is 3.16. The molecule has 1 rings (SSSR count). The second kappa shape index (κ2) is 9.28. The van der Waals surface area contributed by atoms with Gasteiger partial charge in [-0.05, 0) is 25.9 Å². The van der Waals surface area contributed by atoms with Gasteiger partial charge in [0, 0.05) is 30.3 Å². The van der Waals surface area contributed by atoms with Crippen molar-refractivity contribution in [3.8, 4) is 0 Å². The molecule has 0 aromatic rings. The first-order chi connectivity index (χ1) is 9.41. The zero-order valence-electron chi connectivity index (χ0n) is 13.1. The molecule has 0 spiro atoms. The van der Waals surface area contributed by atoms with Gasteiger partial charge in [0.05, 0.1) is 0 Å². The molecule has 1 fully saturated rings. The van der Waals surface area contributed by atoms with E-state index in [0.717, 1.165) is 37.6 Å². The molecule has 6 heteroatoms. The van der Waals surface area contributed by atoms with Gasteiger partial charge in [-0.1, -0.05) is 26.7 Å². The number of hydrogen-bond acceptors (Lipinski definition) is 5. The van der Waals surface area contributed by atoms with Crippen molar-refractivity contribution in [3.05, 3.63) is 0 Å². The number of unbranched alkanes of at least 4 members (excludes halogenated alkanes) is 3. The van der Waals surface area contributed by atoms with Crippen LogP contribution in [0, 0.1) is 0 Å². The molecule has 1 saturated heterocycles. The van der Waals surface area contributed by atoms with E-state index in [2.05, 4.69) is 24.1 Å². The van der Waals surface area contributed by atoms with E-state index in [1.54, 1.807) is 11.8 Å². The van der Waals surface area contributed by atoms with Gasteiger partial charge in [-0.2, -0.15) is 11.8 Å². The Hall–Kier alpha value is 0.220. The molecule has 0 bridgehead atoms. The molecular formula is C14H30N2O2S2. The third-order valence-corrected chi connectivity index (χ3v) is 6.30. The normalized spacial score (nSPS) is 21.5. The molecule has 4 nitrogen and oxygen atoms in total. The van der Waals surface area contributed by atoms with E-state index in [-0.39, 0.29) is 5.37 Å². The summed E-state index contributed by atoms with van der Waals surface area (Å²) < 4.78 is 23.5. The Kier molecular flexibility index (Phi) is 8.48. The smallest absolute Gasteiger partial charge is 0.164 e. The highest BCUT2D eigenvalue weighted by Crippen LogP contribution is 2.20. The summed E-state index contributed by atoms with van der Waals surface area (Å²) in [6.07, 6.45) is 6.11. The fraction of sp³-hybridized carbons (Fsp3) is 1.00. The van der Waals surface area contributed by atoms with Crippen molar-refractivity contribution < 1.29 is 8.42 Å². The van der Waals surface area contributed by atoms with Crippen LogP contribution in [-0.4, -0.2) is 62.1 Å². The van der Waals surface area contributed by atoms with Crippen molar-refractivity contribution >= 4 is 21.6 Å². The number of thioether (sulfide) groups is 1. The van der Waals surface area contributed by atoms with Crippen LogP contribution in [0.3, 0.4) is 0 Å². The zero-order valence-corrected chi connectivity index (χ0v) is 14.7. The lowest BCUT2D eigenvalue weighted by Gasteiger charge is -2.33. The van der Waals surface area contributed by atoms with Crippen LogP contribution in [-0.2, 0) is 9.84 Å². The summed E-state index contributed by atoms with van der Waals surface area (Å²) in [4.78, 5) is 2.16. The predicted molar refractivity (Wildman–Crippen MR) is 89.1 cm³/mol. The minimum atomic E-state index is -2.94. The maximum absolute atomic E-state index is 11.8. The topological polar surface area (TPSA) is 49.4 Å². The summed E-state index contributed by atoms with van der Waals surface area (Å²) in [7, 11) is -2.94. The predicted octanol–water partition coefficient (Wildman–Crippen LogP) is 1.96. The molecule has 120 valence electrons. The van der Waals surface area contributed by atoms with Crippen molar-refractivity contribution in [3.63, 3.8) is 0 Å². The van der Waals surface area contributed by atoms with Gasteiger partial charge >= 0.3 is 0 Å². The Morgan fingerprint density at radius 1 is 1.25 bits per heavy atom. The summed E-state index contributed by atoms with van der Waals surface area (Å²) in [5.41, 5.74) is 0. The highest BCUT2D eigenvalue weighted by molar-refractivity contribution is 8.00. The lowest BCUT2D eigenvalue weighted by molar-refractivity contribution is 0.264. The van der Waals surface area contributed by atoms with E-state index in [0.29, 0.717) is 6.04 Å². The maximum atomic E-state index is 11.8. The van der Waals surface area contributed by atoms with Crippen LogP contribution in [0.4, 0.5) is 0 Å². The van der Waals surface area contributed by atoms with Gasteiger partial charge in [-0.15, -0.1) is 0 Å². The van der Waals surface area contributed by atoms with Crippen LogP contribution >= 0.6 is 11.8 Å². The van der Waals surface area contributed by atoms with Crippen LogP contribution in [0.25, 0.3) is 0 Å². The molecule has 0 saturated carbocycles. The molecule has 1 aliphatic heterocycles. The molecular weight excluding hydrogens is 292 g/mol. The van der Waals surface area contributed by atoms with E-state index in [1.165, 1.54) is 25.5 Å². The van der Waals surface area contributed by atoms with Crippen molar-refractivity contribution in [2.75, 3.05) is 37.4 Å². The highest BCUT2D eigenvalue weighted by Gasteiger charge is 2.30. The van der Waals surface area contributed by atoms with Crippen molar-refractivity contribution in [2.24, 2.45) is 0 Å². The Morgan fingerprint density at radius 3 is 2.60 bits per heavy atom. The number of rotatable bonds is 9. The quantitative estimate of drug-likeness (QED) is 0.658. The lowest BCUT2D eigenvalue weighted by Crippen LogP contribution is -2.47. The number of nitrogens with zero attached hydrogens (tertiary/aromatic N) is 1. The maximum Gasteiger partial charge on any atom is 0.164 e. The standard InChI is InChI=1S/C14H30N2O2S2/c1-13(2)15-8-6-4-5-7-9-16-10-11-19-12-14(16)20(3,17)18/h13-15H,4-12H2,1-3H3. The zero-order chi connectivity index (χ0) is 15.0. The summed E-state index contributed by atoms with van der Waals surface area (Å²) in [6.45, 7) is 7.26. The van der Waals surface area contributed by atoms with E-state index in [1.807, 2.05) is 0 Å². The fourth-order valence-corrected chi connectivity index (χ4v) is 5.42. The van der Waals surface area contributed by atoms with Gasteiger partial charge in [-0.3, -0.25) is 4.90 Å². The van der Waals surface area contributed by atoms with Gasteiger partial charge < -0.3 is 5.32 Å². The van der Waals surface area contributed by atoms with Crippen LogP contribution in [0.2, 0.25) is 0 Å². The largest absolute Gasteiger partial charge is 0.315 e. The van der Waals surface area contributed by atoms with Crippen LogP contribution in [0.15, 0.2) is 0 Å². The third-order valence-electron chi connectivity index (χ3n) is 3.61. The average Bonchev–Trinajstić information content (AvgIpc) is 2.36. The summed E-state index contributed by atoms with van der Waals surface area (Å²) >= 11 is 1.76. The first-order valence-corrected chi connectivity index (χ1v) is 10.8. The Labute approximate surface area is 129 Å². The summed E-state index contributed by atoms with van der Waals surface area (Å²) in [5.74, 6) is 1.79. The highest BCUT2D eigenvalue weighted by atomic mass is 32.2. The van der Waals surface area contributed by atoms with Gasteiger partial charge in [0.15, 0.2) is 9.84 Å². The third kappa shape index (κ3) is 7.29. The number of nitrogens with one attached hydrogen (secondary N) is 1. The first-order valence-electron chi connectivity index (χ1n) is 7.65. The average molecular weight is 323 g/mol. The van der Waals surface area contributed by atoms with Gasteiger partial charge in [0.1, 0.15) is 5.37 Å². The molecule has 0 amide bonds. The van der Waals surface area contributed by atoms with Crippen LogP contribution in [0.1, 0.15) is 39.5 Å². The number of sulfone groups is 1. The van der Waals surface area contributed by atoms with Crippen molar-refractivity contribution in [1.82, 2.24) is 10.2 Å². The SMILES string of the molecule is CC(C)NCCCCCCN1CCSCC1S(C)(=O)=O. The Balaban J connectivity index is 2.16.